The fourth-order valence-electron chi connectivity index (χ4n) is 5.20. The molecule has 3 aromatic rings. The zero-order chi connectivity index (χ0) is 26.0. The highest BCUT2D eigenvalue weighted by atomic mass is 16.2. The number of nitrogens with zero attached hydrogens (tertiary/aromatic N) is 3. The molecule has 37 heavy (non-hydrogen) atoms. The van der Waals surface area contributed by atoms with Crippen molar-refractivity contribution >= 4 is 22.6 Å². The number of likely N-dealkylation sites (N-methyl/N-ethyl adjacent to an activating group) is 1. The summed E-state index contributed by atoms with van der Waals surface area (Å²) in [6, 6.07) is 16.3. The number of hydrogen-bond acceptors (Lipinski definition) is 5. The minimum absolute atomic E-state index is 0.0308. The molecule has 2 fully saturated rings. The summed E-state index contributed by atoms with van der Waals surface area (Å²) in [6.45, 7) is 8.07. The van der Waals surface area contributed by atoms with Gasteiger partial charge in [0.15, 0.2) is 0 Å². The van der Waals surface area contributed by atoms with Crippen molar-refractivity contribution in [2.45, 2.75) is 38.1 Å². The number of primary amides is 1. The quantitative estimate of drug-likeness (QED) is 0.472. The first-order valence-corrected chi connectivity index (χ1v) is 13.3. The lowest BCUT2D eigenvalue weighted by Gasteiger charge is -2.32. The Bertz CT molecular complexity index is 1280. The lowest BCUT2D eigenvalue weighted by Crippen LogP contribution is -2.43. The maximum atomic E-state index is 12.7. The van der Waals surface area contributed by atoms with E-state index in [1.165, 1.54) is 11.1 Å². The third-order valence-electron chi connectivity index (χ3n) is 7.91. The monoisotopic (exact) mass is 499 g/mol. The van der Waals surface area contributed by atoms with Gasteiger partial charge in [-0.2, -0.15) is 0 Å². The average Bonchev–Trinajstić information content (AvgIpc) is 3.71. The van der Waals surface area contributed by atoms with Crippen molar-refractivity contribution in [1.29, 1.82) is 0 Å². The van der Waals surface area contributed by atoms with Crippen LogP contribution in [0.4, 0.5) is 0 Å². The number of hydrogen-bond donors (Lipinski definition) is 2. The highest BCUT2D eigenvalue weighted by molar-refractivity contribution is 5.94. The van der Waals surface area contributed by atoms with E-state index in [0.717, 1.165) is 68.5 Å². The number of nitrogens with two attached hydrogens (primary N) is 1. The third kappa shape index (κ3) is 5.84. The molecule has 3 N–H and O–H groups in total. The van der Waals surface area contributed by atoms with Crippen LogP contribution in [0, 0.1) is 5.92 Å². The molecule has 7 heteroatoms. The molecule has 2 aromatic carbocycles. The molecule has 0 radical (unpaired) electrons. The highest BCUT2D eigenvalue weighted by Crippen LogP contribution is 2.47. The van der Waals surface area contributed by atoms with E-state index < -0.39 is 5.41 Å². The fourth-order valence-corrected chi connectivity index (χ4v) is 5.20. The molecule has 5 rings (SSSR count). The number of pyridine rings is 1. The maximum Gasteiger partial charge on any atom is 0.251 e. The first-order chi connectivity index (χ1) is 17.8. The van der Waals surface area contributed by atoms with Crippen LogP contribution in [-0.2, 0) is 23.2 Å². The zero-order valence-corrected chi connectivity index (χ0v) is 21.9. The zero-order valence-electron chi connectivity index (χ0n) is 21.9. The Morgan fingerprint density at radius 1 is 1.00 bits per heavy atom. The second-order valence-corrected chi connectivity index (χ2v) is 11.0. The Kier molecular flexibility index (Phi) is 7.26. The van der Waals surface area contributed by atoms with Crippen LogP contribution in [0.2, 0.25) is 0 Å². The molecule has 7 nitrogen and oxygen atoms in total. The van der Waals surface area contributed by atoms with Gasteiger partial charge in [-0.15, -0.1) is 0 Å². The number of fused-ring (bicyclic) bond motifs is 1. The summed E-state index contributed by atoms with van der Waals surface area (Å²) in [5.74, 6) is -0.0279. The minimum Gasteiger partial charge on any atom is -0.369 e. The normalized spacial score (nSPS) is 18.4. The van der Waals surface area contributed by atoms with E-state index in [1.54, 1.807) is 0 Å². The Hall–Kier alpha value is -3.29. The summed E-state index contributed by atoms with van der Waals surface area (Å²) in [7, 11) is 2.16. The van der Waals surface area contributed by atoms with Crippen molar-refractivity contribution in [1.82, 2.24) is 20.1 Å². The van der Waals surface area contributed by atoms with Gasteiger partial charge in [0.05, 0.1) is 11.1 Å². The molecule has 1 aliphatic heterocycles. The number of amides is 2. The van der Waals surface area contributed by atoms with Crippen LogP contribution in [0.5, 0.6) is 0 Å². The van der Waals surface area contributed by atoms with Gasteiger partial charge in [-0.05, 0) is 73.0 Å². The molecule has 1 saturated heterocycles. The molecule has 1 saturated carbocycles. The van der Waals surface area contributed by atoms with E-state index in [-0.39, 0.29) is 17.7 Å². The summed E-state index contributed by atoms with van der Waals surface area (Å²) in [5, 5.41) is 5.21. The summed E-state index contributed by atoms with van der Waals surface area (Å²) in [6.07, 6.45) is 4.26. The molecule has 2 amide bonds. The lowest BCUT2D eigenvalue weighted by molar-refractivity contribution is -0.120. The lowest BCUT2D eigenvalue weighted by atomic mass is 9.96. The van der Waals surface area contributed by atoms with Crippen molar-refractivity contribution in [3.8, 4) is 0 Å². The first kappa shape index (κ1) is 25.4. The molecule has 2 aliphatic rings. The number of piperazine rings is 1. The Balaban J connectivity index is 1.12. The van der Waals surface area contributed by atoms with Crippen molar-refractivity contribution in [2.24, 2.45) is 11.7 Å². The molecule has 0 unspecified atom stereocenters. The smallest absolute Gasteiger partial charge is 0.251 e. The SMILES string of the molecule is C[C@H](CNC(=O)c1ccc(CN2CCN(C)CC2)cc1)Cc1ccc2cc(C3(C(N)=O)CC3)ncc2c1. The number of aromatic nitrogens is 1. The summed E-state index contributed by atoms with van der Waals surface area (Å²) >= 11 is 0. The Morgan fingerprint density at radius 2 is 1.70 bits per heavy atom. The standard InChI is InChI=1S/C30H37N5O2/c1-21(15-23-5-8-25-17-27(32-19-26(25)16-23)30(9-10-30)29(31)37)18-33-28(36)24-6-3-22(4-7-24)20-35-13-11-34(2)12-14-35/h3-8,16-17,19,21H,9-15,18,20H2,1-2H3,(H2,31,37)(H,33,36)/t21-/m0/s1. The van der Waals surface area contributed by atoms with Crippen LogP contribution in [0.25, 0.3) is 10.8 Å². The van der Waals surface area contributed by atoms with Gasteiger partial charge in [-0.25, -0.2) is 0 Å². The van der Waals surface area contributed by atoms with E-state index in [0.29, 0.717) is 12.1 Å². The molecule has 1 aliphatic carbocycles. The Morgan fingerprint density at radius 3 is 2.38 bits per heavy atom. The van der Waals surface area contributed by atoms with Gasteiger partial charge in [0.1, 0.15) is 0 Å². The number of carbonyl (C=O) groups is 2. The first-order valence-electron chi connectivity index (χ1n) is 13.3. The summed E-state index contributed by atoms with van der Waals surface area (Å²) in [4.78, 5) is 33.9. The van der Waals surface area contributed by atoms with E-state index in [1.807, 2.05) is 24.4 Å². The molecule has 194 valence electrons. The van der Waals surface area contributed by atoms with Crippen molar-refractivity contribution in [2.75, 3.05) is 39.8 Å². The molecule has 1 aromatic heterocycles. The molecule has 0 bridgehead atoms. The van der Waals surface area contributed by atoms with Crippen LogP contribution < -0.4 is 11.1 Å². The molecule has 2 heterocycles. The number of rotatable bonds is 9. The Labute approximate surface area is 219 Å². The predicted molar refractivity (Wildman–Crippen MR) is 146 cm³/mol. The van der Waals surface area contributed by atoms with Gasteiger partial charge in [-0.3, -0.25) is 19.5 Å². The third-order valence-corrected chi connectivity index (χ3v) is 7.91. The van der Waals surface area contributed by atoms with E-state index in [9.17, 15) is 9.59 Å². The van der Waals surface area contributed by atoms with Crippen LogP contribution in [0.3, 0.4) is 0 Å². The van der Waals surface area contributed by atoms with E-state index in [4.69, 9.17) is 5.73 Å². The second-order valence-electron chi connectivity index (χ2n) is 11.0. The van der Waals surface area contributed by atoms with Gasteiger partial charge in [-0.1, -0.05) is 31.2 Å². The predicted octanol–water partition coefficient (Wildman–Crippen LogP) is 3.11. The number of nitrogens with one attached hydrogen (secondary N) is 1. The van der Waals surface area contributed by atoms with Crippen molar-refractivity contribution < 1.29 is 9.59 Å². The van der Waals surface area contributed by atoms with Gasteiger partial charge in [0.25, 0.3) is 5.91 Å². The van der Waals surface area contributed by atoms with E-state index >= 15 is 0 Å². The van der Waals surface area contributed by atoms with Gasteiger partial charge in [0, 0.05) is 56.4 Å². The largest absolute Gasteiger partial charge is 0.369 e. The number of benzene rings is 2. The minimum atomic E-state index is -0.565. The van der Waals surface area contributed by atoms with Crippen LogP contribution >= 0.6 is 0 Å². The fraction of sp³-hybridized carbons (Fsp3) is 0.433. The van der Waals surface area contributed by atoms with Gasteiger partial charge >= 0.3 is 0 Å². The van der Waals surface area contributed by atoms with Crippen LogP contribution in [0.15, 0.2) is 54.7 Å². The van der Waals surface area contributed by atoms with Crippen LogP contribution in [0.1, 0.15) is 46.9 Å². The second kappa shape index (κ2) is 10.6. The number of carbonyl (C=O) groups excluding carboxylic acids is 2. The highest BCUT2D eigenvalue weighted by Gasteiger charge is 2.51. The van der Waals surface area contributed by atoms with Gasteiger partial charge in [0.2, 0.25) is 5.91 Å². The molecule has 1 atom stereocenters. The molecule has 0 spiro atoms. The van der Waals surface area contributed by atoms with Crippen molar-refractivity contribution in [3.05, 3.63) is 77.1 Å². The van der Waals surface area contributed by atoms with E-state index in [2.05, 4.69) is 64.4 Å². The van der Waals surface area contributed by atoms with Gasteiger partial charge < -0.3 is 16.0 Å². The topological polar surface area (TPSA) is 91.6 Å². The maximum absolute atomic E-state index is 12.7. The van der Waals surface area contributed by atoms with Crippen LogP contribution in [-0.4, -0.2) is 66.4 Å². The summed E-state index contributed by atoms with van der Waals surface area (Å²) < 4.78 is 0. The summed E-state index contributed by atoms with van der Waals surface area (Å²) in [5.41, 5.74) is 8.97. The molecular formula is C30H37N5O2. The average molecular weight is 500 g/mol. The molecular weight excluding hydrogens is 462 g/mol. The van der Waals surface area contributed by atoms with Crippen molar-refractivity contribution in [3.63, 3.8) is 0 Å².